The summed E-state index contributed by atoms with van der Waals surface area (Å²) in [7, 11) is -3.92. The predicted molar refractivity (Wildman–Crippen MR) is 109 cm³/mol. The van der Waals surface area contributed by atoms with Crippen LogP contribution in [0.4, 0.5) is 0 Å². The zero-order valence-corrected chi connectivity index (χ0v) is 17.0. The van der Waals surface area contributed by atoms with Crippen LogP contribution in [0.25, 0.3) is 10.9 Å². The van der Waals surface area contributed by atoms with Crippen molar-refractivity contribution in [2.45, 2.75) is 17.9 Å². The number of aromatic nitrogens is 1. The van der Waals surface area contributed by atoms with Crippen LogP contribution < -0.4 is 4.72 Å². The maximum Gasteiger partial charge on any atom is 0.264 e. The van der Waals surface area contributed by atoms with E-state index in [0.29, 0.717) is 23.1 Å². The predicted octanol–water partition coefficient (Wildman–Crippen LogP) is 3.34. The highest BCUT2D eigenvalue weighted by Crippen LogP contribution is 2.29. The van der Waals surface area contributed by atoms with Crippen LogP contribution in [0.1, 0.15) is 11.3 Å². The number of aromatic amines is 1. The second kappa shape index (κ2) is 7.40. The molecule has 0 fully saturated rings. The van der Waals surface area contributed by atoms with Crippen LogP contribution in [-0.2, 0) is 27.8 Å². The van der Waals surface area contributed by atoms with Gasteiger partial charge < -0.3 is 4.98 Å². The van der Waals surface area contributed by atoms with Crippen LogP contribution in [0.3, 0.4) is 0 Å². The number of hydrogen-bond acceptors (Lipinski definition) is 4. The highest BCUT2D eigenvalue weighted by molar-refractivity contribution is 7.90. The Labute approximate surface area is 172 Å². The van der Waals surface area contributed by atoms with Crippen molar-refractivity contribution in [1.82, 2.24) is 14.6 Å². The van der Waals surface area contributed by atoms with E-state index >= 15 is 0 Å². The quantitative estimate of drug-likeness (QED) is 0.655. The van der Waals surface area contributed by atoms with E-state index in [4.69, 9.17) is 23.2 Å². The average Bonchev–Trinajstić information content (AvgIpc) is 2.98. The number of carbonyl (C=O) groups excluding carboxylic acids is 1. The number of amides is 1. The Morgan fingerprint density at radius 2 is 1.82 bits per heavy atom. The number of fused-ring (bicyclic) bond motifs is 3. The van der Waals surface area contributed by atoms with Gasteiger partial charge in [-0.15, -0.1) is 0 Å². The van der Waals surface area contributed by atoms with Crippen molar-refractivity contribution in [2.24, 2.45) is 0 Å². The summed E-state index contributed by atoms with van der Waals surface area (Å²) in [6.07, 6.45) is 0.757. The van der Waals surface area contributed by atoms with E-state index < -0.39 is 15.9 Å². The molecule has 2 aromatic carbocycles. The van der Waals surface area contributed by atoms with Gasteiger partial charge in [-0.1, -0.05) is 23.2 Å². The first kappa shape index (κ1) is 19.3. The minimum atomic E-state index is -3.92. The summed E-state index contributed by atoms with van der Waals surface area (Å²) >= 11 is 11.9. The summed E-state index contributed by atoms with van der Waals surface area (Å²) in [4.78, 5) is 17.6. The molecule has 28 heavy (non-hydrogen) atoms. The number of hydrogen-bond donors (Lipinski definition) is 2. The van der Waals surface area contributed by atoms with Gasteiger partial charge in [-0.05, 0) is 54.4 Å². The smallest absolute Gasteiger partial charge is 0.264 e. The van der Waals surface area contributed by atoms with Crippen molar-refractivity contribution >= 4 is 50.0 Å². The molecule has 0 atom stereocenters. The SMILES string of the molecule is O=C(CN1CCc2c([nH]c3ccc(Cl)cc23)C1)NS(=O)(=O)c1ccc(Cl)cc1. The van der Waals surface area contributed by atoms with Gasteiger partial charge in [-0.25, -0.2) is 13.1 Å². The number of nitrogens with zero attached hydrogens (tertiary/aromatic N) is 1. The standard InChI is InChI=1S/C19H17Cl2N3O3S/c20-12-1-4-14(5-2-12)28(26,27)23-19(25)11-24-8-7-15-16-9-13(21)3-6-17(16)22-18(15)10-24/h1-6,9,22H,7-8,10-11H2,(H,23,25). The molecule has 0 spiro atoms. The molecule has 1 aromatic heterocycles. The van der Waals surface area contributed by atoms with Gasteiger partial charge in [-0.2, -0.15) is 0 Å². The summed E-state index contributed by atoms with van der Waals surface area (Å²) in [5.74, 6) is -0.572. The van der Waals surface area contributed by atoms with E-state index in [9.17, 15) is 13.2 Å². The van der Waals surface area contributed by atoms with Crippen molar-refractivity contribution in [3.8, 4) is 0 Å². The fourth-order valence-corrected chi connectivity index (χ4v) is 4.74. The largest absolute Gasteiger partial charge is 0.357 e. The third-order valence-corrected chi connectivity index (χ3v) is 6.63. The van der Waals surface area contributed by atoms with Gasteiger partial charge in [0, 0.05) is 39.7 Å². The number of rotatable bonds is 4. The first-order valence-corrected chi connectivity index (χ1v) is 10.9. The third kappa shape index (κ3) is 3.89. The molecule has 146 valence electrons. The Bertz CT molecular complexity index is 1160. The maximum atomic E-state index is 12.3. The first-order valence-electron chi connectivity index (χ1n) is 8.64. The fourth-order valence-electron chi connectivity index (χ4n) is 3.46. The Hall–Kier alpha value is -2.06. The molecule has 2 N–H and O–H groups in total. The van der Waals surface area contributed by atoms with Gasteiger partial charge in [0.15, 0.2) is 0 Å². The fraction of sp³-hybridized carbons (Fsp3) is 0.211. The van der Waals surface area contributed by atoms with E-state index in [-0.39, 0.29) is 11.4 Å². The van der Waals surface area contributed by atoms with E-state index in [0.717, 1.165) is 23.0 Å². The monoisotopic (exact) mass is 437 g/mol. The Morgan fingerprint density at radius 1 is 1.11 bits per heavy atom. The maximum absolute atomic E-state index is 12.3. The molecule has 0 saturated carbocycles. The molecule has 0 aliphatic carbocycles. The van der Waals surface area contributed by atoms with Gasteiger partial charge >= 0.3 is 0 Å². The highest BCUT2D eigenvalue weighted by atomic mass is 35.5. The van der Waals surface area contributed by atoms with Crippen molar-refractivity contribution in [1.29, 1.82) is 0 Å². The Morgan fingerprint density at radius 3 is 2.57 bits per heavy atom. The number of halogens is 2. The molecule has 1 aliphatic rings. The molecule has 0 saturated heterocycles. The number of nitrogens with one attached hydrogen (secondary N) is 2. The summed E-state index contributed by atoms with van der Waals surface area (Å²) in [6.45, 7) is 1.18. The lowest BCUT2D eigenvalue weighted by molar-refractivity contribution is -0.120. The second-order valence-corrected chi connectivity index (χ2v) is 9.27. The second-order valence-electron chi connectivity index (χ2n) is 6.72. The van der Waals surface area contributed by atoms with Gasteiger partial charge in [0.2, 0.25) is 5.91 Å². The molecule has 0 unspecified atom stereocenters. The number of carbonyl (C=O) groups is 1. The van der Waals surface area contributed by atoms with Crippen LogP contribution in [0, 0.1) is 0 Å². The van der Waals surface area contributed by atoms with E-state index in [1.165, 1.54) is 29.8 Å². The molecule has 1 aliphatic heterocycles. The zero-order valence-electron chi connectivity index (χ0n) is 14.7. The number of H-pyrrole nitrogens is 1. The molecular weight excluding hydrogens is 421 g/mol. The number of sulfonamides is 1. The van der Waals surface area contributed by atoms with E-state index in [2.05, 4.69) is 9.71 Å². The summed E-state index contributed by atoms with van der Waals surface area (Å²) < 4.78 is 26.8. The van der Waals surface area contributed by atoms with Crippen molar-refractivity contribution < 1.29 is 13.2 Å². The van der Waals surface area contributed by atoms with Gasteiger partial charge in [0.05, 0.1) is 11.4 Å². The molecule has 9 heteroatoms. The minimum Gasteiger partial charge on any atom is -0.357 e. The first-order chi connectivity index (χ1) is 13.3. The lowest BCUT2D eigenvalue weighted by Crippen LogP contribution is -2.41. The third-order valence-electron chi connectivity index (χ3n) is 4.76. The Kier molecular flexibility index (Phi) is 5.09. The van der Waals surface area contributed by atoms with Crippen LogP contribution in [-0.4, -0.2) is 37.3 Å². The van der Waals surface area contributed by atoms with Crippen molar-refractivity contribution in [3.05, 3.63) is 63.8 Å². The molecule has 4 rings (SSSR count). The van der Waals surface area contributed by atoms with Crippen LogP contribution >= 0.6 is 23.2 Å². The topological polar surface area (TPSA) is 82.3 Å². The average molecular weight is 438 g/mol. The summed E-state index contributed by atoms with van der Waals surface area (Å²) in [5, 5.41) is 2.20. The van der Waals surface area contributed by atoms with Crippen LogP contribution in [0.15, 0.2) is 47.4 Å². The van der Waals surface area contributed by atoms with Gasteiger partial charge in [0.1, 0.15) is 0 Å². The summed E-state index contributed by atoms with van der Waals surface area (Å²) in [5.41, 5.74) is 3.23. The molecule has 3 aromatic rings. The van der Waals surface area contributed by atoms with Crippen LogP contribution in [0.2, 0.25) is 10.0 Å². The van der Waals surface area contributed by atoms with Gasteiger partial charge in [-0.3, -0.25) is 9.69 Å². The van der Waals surface area contributed by atoms with E-state index in [1.807, 2.05) is 23.1 Å². The molecule has 6 nitrogen and oxygen atoms in total. The lowest BCUT2D eigenvalue weighted by Gasteiger charge is -2.26. The molecule has 0 radical (unpaired) electrons. The Balaban J connectivity index is 1.45. The van der Waals surface area contributed by atoms with Crippen molar-refractivity contribution in [3.63, 3.8) is 0 Å². The molecular formula is C19H17Cl2N3O3S. The van der Waals surface area contributed by atoms with Gasteiger partial charge in [0.25, 0.3) is 10.0 Å². The van der Waals surface area contributed by atoms with E-state index in [1.54, 1.807) is 0 Å². The van der Waals surface area contributed by atoms with Crippen molar-refractivity contribution in [2.75, 3.05) is 13.1 Å². The summed E-state index contributed by atoms with van der Waals surface area (Å²) in [6, 6.07) is 11.4. The zero-order chi connectivity index (χ0) is 19.9. The molecule has 0 bridgehead atoms. The molecule has 2 heterocycles. The lowest BCUT2D eigenvalue weighted by atomic mass is 10.0. The number of benzene rings is 2. The minimum absolute atomic E-state index is 0.00123. The highest BCUT2D eigenvalue weighted by Gasteiger charge is 2.24. The molecule has 1 amide bonds. The normalized spacial score (nSPS) is 14.8. The van der Waals surface area contributed by atoms with Crippen LogP contribution in [0.5, 0.6) is 0 Å².